The van der Waals surface area contributed by atoms with Crippen LogP contribution in [0.4, 0.5) is 0 Å². The summed E-state index contributed by atoms with van der Waals surface area (Å²) in [5.74, 6) is 0. The maximum absolute atomic E-state index is 7.57. The largest absolute Gasteiger partial charge is 0.397 e. The molecule has 0 amide bonds. The maximum Gasteiger partial charge on any atom is 0.125 e. The van der Waals surface area contributed by atoms with E-state index in [1.807, 2.05) is 30.7 Å². The van der Waals surface area contributed by atoms with Crippen LogP contribution < -0.4 is 0 Å². The van der Waals surface area contributed by atoms with Crippen LogP contribution in [0.15, 0.2) is 43.5 Å². The van der Waals surface area contributed by atoms with Crippen LogP contribution in [-0.4, -0.2) is 31.6 Å². The molecule has 0 fully saturated rings. The Labute approximate surface area is 151 Å². The van der Waals surface area contributed by atoms with Gasteiger partial charge in [0.05, 0.1) is 22.5 Å². The molecule has 3 aromatic heterocycles. The predicted octanol–water partition coefficient (Wildman–Crippen LogP) is 4.01. The first kappa shape index (κ1) is 17.4. The highest BCUT2D eigenvalue weighted by Gasteiger charge is 2.17. The monoisotopic (exact) mass is 352 g/mol. The smallest absolute Gasteiger partial charge is 0.125 e. The number of nitrogens with zero attached hydrogens (tertiary/aromatic N) is 4. The van der Waals surface area contributed by atoms with E-state index >= 15 is 0 Å². The number of hydrogen-bond acceptors (Lipinski definition) is 6. The van der Waals surface area contributed by atoms with E-state index in [-0.39, 0.29) is 6.61 Å². The van der Waals surface area contributed by atoms with Gasteiger partial charge in [0.2, 0.25) is 0 Å². The summed E-state index contributed by atoms with van der Waals surface area (Å²) in [5, 5.41) is 8.52. The number of aromatic nitrogens is 4. The topological polar surface area (TPSA) is 71.8 Å². The first-order chi connectivity index (χ1) is 12.2. The molecule has 0 aromatic carbocycles. The lowest BCUT2D eigenvalue weighted by molar-refractivity contribution is 0.318. The lowest BCUT2D eigenvalue weighted by Crippen LogP contribution is -2.06. The summed E-state index contributed by atoms with van der Waals surface area (Å²) in [7, 11) is 0. The minimum atomic E-state index is 0.250. The van der Waals surface area contributed by atoms with E-state index in [4.69, 9.17) is 10.1 Å². The number of hydrogen-bond donors (Lipinski definition) is 1. The number of thiazole rings is 1. The third-order valence-corrected chi connectivity index (χ3v) is 4.81. The number of aryl methyl sites for hydroxylation is 1. The summed E-state index contributed by atoms with van der Waals surface area (Å²) < 4.78 is 0. The molecule has 25 heavy (non-hydrogen) atoms. The Kier molecular flexibility index (Phi) is 5.63. The Balaban J connectivity index is 0.000000569. The lowest BCUT2D eigenvalue weighted by atomic mass is 9.96. The van der Waals surface area contributed by atoms with Crippen LogP contribution in [0.5, 0.6) is 0 Å². The molecule has 1 aliphatic rings. The van der Waals surface area contributed by atoms with Crippen molar-refractivity contribution >= 4 is 16.9 Å². The SMILES string of the molecule is C=C1CCCc2ncc(-c3cnc(-c4cccnc4)s3)nc21.CCO. The second-order valence-corrected chi connectivity index (χ2v) is 6.63. The Morgan fingerprint density at radius 1 is 1.20 bits per heavy atom. The fourth-order valence-corrected chi connectivity index (χ4v) is 3.46. The molecule has 0 spiro atoms. The van der Waals surface area contributed by atoms with Gasteiger partial charge in [-0.05, 0) is 43.9 Å². The normalized spacial score (nSPS) is 13.0. The highest BCUT2D eigenvalue weighted by atomic mass is 32.1. The quantitative estimate of drug-likeness (QED) is 0.754. The van der Waals surface area contributed by atoms with Gasteiger partial charge in [0.25, 0.3) is 0 Å². The van der Waals surface area contributed by atoms with E-state index in [9.17, 15) is 0 Å². The number of fused-ring (bicyclic) bond motifs is 1. The molecule has 0 aliphatic heterocycles. The predicted molar refractivity (Wildman–Crippen MR) is 101 cm³/mol. The van der Waals surface area contributed by atoms with Crippen molar-refractivity contribution in [1.82, 2.24) is 19.9 Å². The van der Waals surface area contributed by atoms with Gasteiger partial charge < -0.3 is 5.11 Å². The molecule has 6 heteroatoms. The highest BCUT2D eigenvalue weighted by molar-refractivity contribution is 7.18. The van der Waals surface area contributed by atoms with Crippen LogP contribution in [0.2, 0.25) is 0 Å². The molecule has 0 saturated heterocycles. The molecular weight excluding hydrogens is 332 g/mol. The van der Waals surface area contributed by atoms with Crippen molar-refractivity contribution in [2.24, 2.45) is 0 Å². The van der Waals surface area contributed by atoms with Gasteiger partial charge >= 0.3 is 0 Å². The van der Waals surface area contributed by atoms with Crippen LogP contribution in [0, 0.1) is 0 Å². The molecule has 128 valence electrons. The van der Waals surface area contributed by atoms with Gasteiger partial charge in [-0.2, -0.15) is 0 Å². The Morgan fingerprint density at radius 3 is 2.80 bits per heavy atom. The van der Waals surface area contributed by atoms with E-state index in [0.717, 1.165) is 57.4 Å². The summed E-state index contributed by atoms with van der Waals surface area (Å²) in [5.41, 5.74) is 5.02. The summed E-state index contributed by atoms with van der Waals surface area (Å²) in [6.07, 6.45) is 10.4. The molecular formula is C19H20N4OS. The summed E-state index contributed by atoms with van der Waals surface area (Å²) in [4.78, 5) is 19.0. The van der Waals surface area contributed by atoms with Crippen LogP contribution in [0.1, 0.15) is 31.2 Å². The lowest BCUT2D eigenvalue weighted by Gasteiger charge is -2.16. The Bertz CT molecular complexity index is 861. The first-order valence-corrected chi connectivity index (χ1v) is 9.06. The van der Waals surface area contributed by atoms with Crippen molar-refractivity contribution < 1.29 is 5.11 Å². The number of aliphatic hydroxyl groups is 1. The fourth-order valence-electron chi connectivity index (χ4n) is 2.60. The third-order valence-electron chi connectivity index (χ3n) is 3.74. The van der Waals surface area contributed by atoms with Gasteiger partial charge in [-0.1, -0.05) is 6.58 Å². The average molecular weight is 352 g/mol. The van der Waals surface area contributed by atoms with E-state index in [0.29, 0.717) is 0 Å². The van der Waals surface area contributed by atoms with Crippen LogP contribution >= 0.6 is 11.3 Å². The molecule has 3 heterocycles. The number of pyridine rings is 1. The minimum Gasteiger partial charge on any atom is -0.397 e. The summed E-state index contributed by atoms with van der Waals surface area (Å²) >= 11 is 1.61. The van der Waals surface area contributed by atoms with Crippen molar-refractivity contribution in [2.75, 3.05) is 6.61 Å². The van der Waals surface area contributed by atoms with Crippen molar-refractivity contribution in [1.29, 1.82) is 0 Å². The minimum absolute atomic E-state index is 0.250. The number of allylic oxidation sites excluding steroid dienone is 1. The maximum atomic E-state index is 7.57. The zero-order chi connectivity index (χ0) is 17.6. The molecule has 5 nitrogen and oxygen atoms in total. The van der Waals surface area contributed by atoms with Crippen molar-refractivity contribution in [3.63, 3.8) is 0 Å². The fraction of sp³-hybridized carbons (Fsp3) is 0.263. The van der Waals surface area contributed by atoms with Crippen LogP contribution in [0.25, 0.3) is 26.7 Å². The highest BCUT2D eigenvalue weighted by Crippen LogP contribution is 2.33. The van der Waals surface area contributed by atoms with E-state index in [1.165, 1.54) is 0 Å². The average Bonchev–Trinajstić information content (AvgIpc) is 3.13. The van der Waals surface area contributed by atoms with E-state index in [1.54, 1.807) is 24.5 Å². The summed E-state index contributed by atoms with van der Waals surface area (Å²) in [6.45, 7) is 6.05. The van der Waals surface area contributed by atoms with E-state index < -0.39 is 0 Å². The van der Waals surface area contributed by atoms with Crippen molar-refractivity contribution in [3.8, 4) is 21.1 Å². The van der Waals surface area contributed by atoms with Crippen LogP contribution in [0.3, 0.4) is 0 Å². The molecule has 0 bridgehead atoms. The van der Waals surface area contributed by atoms with Gasteiger partial charge in [0, 0.05) is 30.8 Å². The molecule has 0 atom stereocenters. The second kappa shape index (κ2) is 8.09. The zero-order valence-corrected chi connectivity index (χ0v) is 15.0. The Morgan fingerprint density at radius 2 is 2.04 bits per heavy atom. The molecule has 3 aromatic rings. The molecule has 4 rings (SSSR count). The molecule has 1 N–H and O–H groups in total. The van der Waals surface area contributed by atoms with Gasteiger partial charge in [0.1, 0.15) is 10.7 Å². The van der Waals surface area contributed by atoms with Gasteiger partial charge in [-0.25, -0.2) is 9.97 Å². The molecule has 0 unspecified atom stereocenters. The van der Waals surface area contributed by atoms with Crippen molar-refractivity contribution in [2.45, 2.75) is 26.2 Å². The van der Waals surface area contributed by atoms with Gasteiger partial charge in [-0.3, -0.25) is 9.97 Å². The van der Waals surface area contributed by atoms with Crippen LogP contribution in [-0.2, 0) is 6.42 Å². The first-order valence-electron chi connectivity index (χ1n) is 8.24. The second-order valence-electron chi connectivity index (χ2n) is 5.60. The van der Waals surface area contributed by atoms with E-state index in [2.05, 4.69) is 21.5 Å². The standard InChI is InChI=1S/C17H14N4S.C2H6O/c1-11-4-2-6-13-16(11)21-14(9-19-13)15-10-20-17(22-15)12-5-3-7-18-8-12;1-2-3/h3,5,7-10H,1-2,4,6H2;3H,2H2,1H3. The molecule has 1 aliphatic carbocycles. The Hall–Kier alpha value is -2.44. The number of rotatable bonds is 2. The molecule has 0 radical (unpaired) electrons. The molecule has 0 saturated carbocycles. The zero-order valence-electron chi connectivity index (χ0n) is 14.1. The van der Waals surface area contributed by atoms with Crippen molar-refractivity contribution in [3.05, 3.63) is 54.9 Å². The van der Waals surface area contributed by atoms with Gasteiger partial charge in [-0.15, -0.1) is 11.3 Å². The van der Waals surface area contributed by atoms with Gasteiger partial charge in [0.15, 0.2) is 0 Å². The number of aliphatic hydroxyl groups excluding tert-OH is 1. The summed E-state index contributed by atoms with van der Waals surface area (Å²) in [6, 6.07) is 3.93. The third kappa shape index (κ3) is 3.97.